The molecule has 0 radical (unpaired) electrons. The standard InChI is InChI=1S/C7H11N3O3/c1-5(2)9-6(4-11)3-8-7(9)10(12)13/h3,5,11H,4H2,1-2H3. The number of rotatable bonds is 3. The van der Waals surface area contributed by atoms with E-state index in [0.717, 1.165) is 0 Å². The van der Waals surface area contributed by atoms with E-state index < -0.39 is 4.92 Å². The maximum absolute atomic E-state index is 10.5. The van der Waals surface area contributed by atoms with Crippen molar-refractivity contribution in [2.75, 3.05) is 0 Å². The molecule has 1 heterocycles. The van der Waals surface area contributed by atoms with E-state index in [1.807, 2.05) is 0 Å². The average Bonchev–Trinajstić information content (AvgIpc) is 2.46. The molecule has 0 fully saturated rings. The molecular formula is C7H11N3O3. The van der Waals surface area contributed by atoms with Gasteiger partial charge >= 0.3 is 5.95 Å². The van der Waals surface area contributed by atoms with E-state index in [2.05, 4.69) is 4.98 Å². The van der Waals surface area contributed by atoms with Crippen molar-refractivity contribution in [1.29, 1.82) is 0 Å². The van der Waals surface area contributed by atoms with Crippen LogP contribution < -0.4 is 0 Å². The molecule has 0 bridgehead atoms. The molecule has 1 N–H and O–H groups in total. The highest BCUT2D eigenvalue weighted by Gasteiger charge is 2.21. The molecule has 0 saturated heterocycles. The lowest BCUT2D eigenvalue weighted by atomic mass is 10.3. The summed E-state index contributed by atoms with van der Waals surface area (Å²) in [6, 6.07) is -0.0787. The van der Waals surface area contributed by atoms with Crippen molar-refractivity contribution in [3.8, 4) is 0 Å². The fraction of sp³-hybridized carbons (Fsp3) is 0.571. The molecule has 6 heteroatoms. The van der Waals surface area contributed by atoms with Crippen LogP contribution in [-0.4, -0.2) is 19.6 Å². The van der Waals surface area contributed by atoms with Gasteiger partial charge in [0.25, 0.3) is 0 Å². The summed E-state index contributed by atoms with van der Waals surface area (Å²) in [6.45, 7) is 3.36. The SMILES string of the molecule is CC(C)n1c(CO)cnc1[N+](=O)[O-]. The van der Waals surface area contributed by atoms with Gasteiger partial charge in [0, 0.05) is 0 Å². The lowest BCUT2D eigenvalue weighted by Gasteiger charge is -2.06. The van der Waals surface area contributed by atoms with Crippen LogP contribution >= 0.6 is 0 Å². The number of hydrogen-bond acceptors (Lipinski definition) is 4. The highest BCUT2D eigenvalue weighted by atomic mass is 16.6. The molecule has 1 rings (SSSR count). The Morgan fingerprint density at radius 2 is 2.38 bits per heavy atom. The van der Waals surface area contributed by atoms with E-state index in [4.69, 9.17) is 5.11 Å². The molecular weight excluding hydrogens is 174 g/mol. The van der Waals surface area contributed by atoms with Crippen LogP contribution in [0.4, 0.5) is 5.95 Å². The second-order valence-electron chi connectivity index (χ2n) is 2.93. The Morgan fingerprint density at radius 1 is 1.77 bits per heavy atom. The largest absolute Gasteiger partial charge is 0.435 e. The molecule has 72 valence electrons. The molecule has 0 unspecified atom stereocenters. The van der Waals surface area contributed by atoms with E-state index in [1.54, 1.807) is 13.8 Å². The normalized spacial score (nSPS) is 10.8. The minimum absolute atomic E-state index is 0.0787. The Kier molecular flexibility index (Phi) is 2.62. The number of aliphatic hydroxyl groups is 1. The van der Waals surface area contributed by atoms with Gasteiger partial charge in [-0.05, 0) is 18.8 Å². The van der Waals surface area contributed by atoms with Gasteiger partial charge in [-0.3, -0.25) is 0 Å². The van der Waals surface area contributed by atoms with Crippen LogP contribution in [0.5, 0.6) is 0 Å². The zero-order valence-electron chi connectivity index (χ0n) is 7.47. The lowest BCUT2D eigenvalue weighted by molar-refractivity contribution is -0.397. The van der Waals surface area contributed by atoms with Crippen LogP contribution in [0.25, 0.3) is 0 Å². The quantitative estimate of drug-likeness (QED) is 0.559. The van der Waals surface area contributed by atoms with Gasteiger partial charge in [-0.25, -0.2) is 4.57 Å². The number of aliphatic hydroxyl groups excluding tert-OH is 1. The first-order valence-corrected chi connectivity index (χ1v) is 3.89. The Bertz CT molecular complexity index is 319. The maximum atomic E-state index is 10.5. The summed E-state index contributed by atoms with van der Waals surface area (Å²) in [5, 5.41) is 19.4. The summed E-state index contributed by atoms with van der Waals surface area (Å²) in [7, 11) is 0. The van der Waals surface area contributed by atoms with E-state index in [0.29, 0.717) is 5.69 Å². The predicted molar refractivity (Wildman–Crippen MR) is 45.2 cm³/mol. The summed E-state index contributed by atoms with van der Waals surface area (Å²) >= 11 is 0. The van der Waals surface area contributed by atoms with Gasteiger partial charge in [-0.2, -0.15) is 0 Å². The summed E-state index contributed by atoms with van der Waals surface area (Å²) < 4.78 is 1.40. The Hall–Kier alpha value is -1.43. The highest BCUT2D eigenvalue weighted by molar-refractivity contribution is 5.15. The van der Waals surface area contributed by atoms with E-state index in [1.165, 1.54) is 10.8 Å². The first kappa shape index (κ1) is 9.66. The lowest BCUT2D eigenvalue weighted by Crippen LogP contribution is -2.09. The second-order valence-corrected chi connectivity index (χ2v) is 2.93. The van der Waals surface area contributed by atoms with Crippen molar-refractivity contribution in [2.24, 2.45) is 0 Å². The van der Waals surface area contributed by atoms with Crippen molar-refractivity contribution in [3.05, 3.63) is 22.0 Å². The molecule has 1 aromatic rings. The molecule has 0 aliphatic carbocycles. The van der Waals surface area contributed by atoms with Gasteiger partial charge < -0.3 is 15.2 Å². The Morgan fingerprint density at radius 3 is 2.77 bits per heavy atom. The number of aromatic nitrogens is 2. The molecule has 0 aliphatic rings. The first-order chi connectivity index (χ1) is 6.07. The van der Waals surface area contributed by atoms with Gasteiger partial charge in [-0.1, -0.05) is 4.98 Å². The average molecular weight is 185 g/mol. The van der Waals surface area contributed by atoms with Crippen LogP contribution in [0.15, 0.2) is 6.20 Å². The van der Waals surface area contributed by atoms with Crippen molar-refractivity contribution in [3.63, 3.8) is 0 Å². The number of nitrogens with zero attached hydrogens (tertiary/aromatic N) is 3. The molecule has 0 aliphatic heterocycles. The second kappa shape index (κ2) is 3.53. The monoisotopic (exact) mass is 185 g/mol. The van der Waals surface area contributed by atoms with E-state index in [-0.39, 0.29) is 18.6 Å². The number of imidazole rings is 1. The zero-order chi connectivity index (χ0) is 10.0. The third-order valence-electron chi connectivity index (χ3n) is 1.70. The predicted octanol–water partition coefficient (Wildman–Crippen LogP) is 0.864. The van der Waals surface area contributed by atoms with Gasteiger partial charge in [0.05, 0.1) is 6.04 Å². The number of hydrogen-bond donors (Lipinski definition) is 1. The van der Waals surface area contributed by atoms with Crippen LogP contribution in [0.1, 0.15) is 25.6 Å². The fourth-order valence-corrected chi connectivity index (χ4v) is 1.20. The van der Waals surface area contributed by atoms with E-state index in [9.17, 15) is 10.1 Å². The van der Waals surface area contributed by atoms with Gasteiger partial charge in [0.2, 0.25) is 0 Å². The molecule has 0 spiro atoms. The minimum atomic E-state index is -0.556. The third kappa shape index (κ3) is 1.67. The van der Waals surface area contributed by atoms with Crippen molar-refractivity contribution in [2.45, 2.75) is 26.5 Å². The van der Waals surface area contributed by atoms with E-state index >= 15 is 0 Å². The number of nitro groups is 1. The molecule has 0 aromatic carbocycles. The van der Waals surface area contributed by atoms with Crippen molar-refractivity contribution in [1.82, 2.24) is 9.55 Å². The molecule has 0 atom stereocenters. The zero-order valence-corrected chi connectivity index (χ0v) is 7.47. The molecule has 0 saturated carbocycles. The minimum Gasteiger partial charge on any atom is -0.390 e. The topological polar surface area (TPSA) is 81.2 Å². The van der Waals surface area contributed by atoms with Gasteiger partial charge in [0.1, 0.15) is 18.5 Å². The summed E-state index contributed by atoms with van der Waals surface area (Å²) in [4.78, 5) is 13.6. The van der Waals surface area contributed by atoms with Crippen LogP contribution in [0.3, 0.4) is 0 Å². The van der Waals surface area contributed by atoms with Crippen LogP contribution in [0, 0.1) is 10.1 Å². The van der Waals surface area contributed by atoms with Gasteiger partial charge in [0.15, 0.2) is 0 Å². The third-order valence-corrected chi connectivity index (χ3v) is 1.70. The first-order valence-electron chi connectivity index (χ1n) is 3.89. The van der Waals surface area contributed by atoms with Gasteiger partial charge in [-0.15, -0.1) is 0 Å². The van der Waals surface area contributed by atoms with Crippen LogP contribution in [-0.2, 0) is 6.61 Å². The smallest absolute Gasteiger partial charge is 0.390 e. The summed E-state index contributed by atoms with van der Waals surface area (Å²) in [5.41, 5.74) is 0.460. The molecule has 6 nitrogen and oxygen atoms in total. The fourth-order valence-electron chi connectivity index (χ4n) is 1.20. The molecule has 1 aromatic heterocycles. The van der Waals surface area contributed by atoms with Crippen LogP contribution in [0.2, 0.25) is 0 Å². The Balaban J connectivity index is 3.22. The summed E-state index contributed by atoms with van der Waals surface area (Å²) in [5.74, 6) is -0.223. The highest BCUT2D eigenvalue weighted by Crippen LogP contribution is 2.19. The molecule has 0 amide bonds. The maximum Gasteiger partial charge on any atom is 0.435 e. The molecule has 13 heavy (non-hydrogen) atoms. The summed E-state index contributed by atoms with van der Waals surface area (Å²) in [6.07, 6.45) is 1.32. The van der Waals surface area contributed by atoms with Crippen molar-refractivity contribution >= 4 is 5.95 Å². The van der Waals surface area contributed by atoms with Crippen molar-refractivity contribution < 1.29 is 10.0 Å². The Labute approximate surface area is 75.0 Å².